The average Bonchev–Trinajstić information content (AvgIpc) is 3.40. The Hall–Kier alpha value is -3.54. The zero-order valence-corrected chi connectivity index (χ0v) is 17.6. The second-order valence-electron chi connectivity index (χ2n) is 7.95. The first-order chi connectivity index (χ1) is 15.0. The fraction of sp³-hybridized carbons (Fsp3) is 0.455. The average molecular weight is 422 g/mol. The number of guanidine groups is 1. The predicted octanol–water partition coefficient (Wildman–Crippen LogP) is 2.19. The molecule has 2 aliphatic rings. The molecular formula is C22H26N6O3. The van der Waals surface area contributed by atoms with Crippen LogP contribution in [0, 0.1) is 18.4 Å². The largest absolute Gasteiger partial charge is 0.461 e. The van der Waals surface area contributed by atoms with Gasteiger partial charge in [-0.3, -0.25) is 14.9 Å². The third kappa shape index (κ3) is 4.79. The van der Waals surface area contributed by atoms with Crippen molar-refractivity contribution >= 4 is 34.4 Å². The Morgan fingerprint density at radius 3 is 2.84 bits per heavy atom. The number of hydrogen-bond acceptors (Lipinski definition) is 5. The van der Waals surface area contributed by atoms with Crippen LogP contribution in [-0.2, 0) is 9.59 Å². The van der Waals surface area contributed by atoms with Gasteiger partial charge in [-0.15, -0.1) is 0 Å². The number of benzene rings is 1. The van der Waals surface area contributed by atoms with Crippen molar-refractivity contribution in [3.63, 3.8) is 0 Å². The molecule has 2 aromatic rings. The molecule has 0 radical (unpaired) electrons. The van der Waals surface area contributed by atoms with Crippen LogP contribution < -0.4 is 10.6 Å². The van der Waals surface area contributed by atoms with Gasteiger partial charge in [0.05, 0.1) is 6.54 Å². The van der Waals surface area contributed by atoms with Gasteiger partial charge in [0.1, 0.15) is 17.4 Å². The Kier molecular flexibility index (Phi) is 6.07. The highest BCUT2D eigenvalue weighted by Crippen LogP contribution is 2.23. The maximum absolute atomic E-state index is 12.9. The van der Waals surface area contributed by atoms with Crippen LogP contribution >= 0.6 is 0 Å². The van der Waals surface area contributed by atoms with Crippen LogP contribution in [0.3, 0.4) is 0 Å². The lowest BCUT2D eigenvalue weighted by molar-refractivity contribution is -0.142. The molecule has 162 valence electrons. The molecule has 2 fully saturated rings. The highest BCUT2D eigenvalue weighted by Gasteiger charge is 2.31. The summed E-state index contributed by atoms with van der Waals surface area (Å²) in [6.07, 6.45) is 5.24. The van der Waals surface area contributed by atoms with E-state index in [1.807, 2.05) is 42.3 Å². The topological polar surface area (TPSA) is 114 Å². The second-order valence-corrected chi connectivity index (χ2v) is 7.95. The molecule has 1 atom stereocenters. The molecule has 2 amide bonds. The van der Waals surface area contributed by atoms with Gasteiger partial charge >= 0.3 is 0 Å². The summed E-state index contributed by atoms with van der Waals surface area (Å²) in [7, 11) is 0. The monoisotopic (exact) mass is 422 g/mol. The summed E-state index contributed by atoms with van der Waals surface area (Å²) in [6.45, 7) is 4.06. The van der Waals surface area contributed by atoms with Crippen molar-refractivity contribution in [3.05, 3.63) is 30.0 Å². The number of amides is 2. The molecule has 1 aromatic heterocycles. The highest BCUT2D eigenvalue weighted by molar-refractivity contribution is 5.98. The molecule has 0 saturated carbocycles. The van der Waals surface area contributed by atoms with E-state index in [1.54, 1.807) is 4.90 Å². The maximum Gasteiger partial charge on any atom is 0.247 e. The first-order valence-electron chi connectivity index (χ1n) is 10.6. The SMILES string of the molecule is Cc1cc2cc(NC(=N[C@H]3CCCN(CC(=O)N4CCCC4)C3=O)NC#N)ccc2o1. The number of aryl methyl sites for hydroxylation is 1. The molecular weight excluding hydrogens is 396 g/mol. The van der Waals surface area contributed by atoms with E-state index in [-0.39, 0.29) is 24.3 Å². The lowest BCUT2D eigenvalue weighted by atomic mass is 10.1. The van der Waals surface area contributed by atoms with Gasteiger partial charge in [0, 0.05) is 30.7 Å². The van der Waals surface area contributed by atoms with Gasteiger partial charge in [0.15, 0.2) is 6.19 Å². The Labute approximate surface area is 180 Å². The molecule has 0 spiro atoms. The smallest absolute Gasteiger partial charge is 0.247 e. The number of nitriles is 1. The number of piperidine rings is 1. The van der Waals surface area contributed by atoms with E-state index in [0.29, 0.717) is 13.0 Å². The molecule has 1 aromatic carbocycles. The van der Waals surface area contributed by atoms with Crippen LogP contribution in [0.2, 0.25) is 0 Å². The summed E-state index contributed by atoms with van der Waals surface area (Å²) < 4.78 is 5.58. The van der Waals surface area contributed by atoms with E-state index >= 15 is 0 Å². The van der Waals surface area contributed by atoms with Gasteiger partial charge in [-0.05, 0) is 56.9 Å². The molecule has 0 aliphatic carbocycles. The standard InChI is InChI=1S/C22H26N6O3/c1-15-11-16-12-17(6-7-19(16)31-15)25-22(24-14-23)26-18-5-4-10-28(21(18)30)13-20(29)27-8-2-3-9-27/h6-7,11-12,18H,2-5,8-10,13H2,1H3,(H2,24,25,26)/t18-/m0/s1. The van der Waals surface area contributed by atoms with E-state index in [9.17, 15) is 9.59 Å². The number of rotatable bonds is 4. The Morgan fingerprint density at radius 2 is 2.06 bits per heavy atom. The highest BCUT2D eigenvalue weighted by atomic mass is 16.3. The molecule has 2 aliphatic heterocycles. The number of aliphatic imine (C=N–C) groups is 1. The zero-order valence-electron chi connectivity index (χ0n) is 17.6. The van der Waals surface area contributed by atoms with Crippen molar-refractivity contribution in [2.45, 2.75) is 38.6 Å². The third-order valence-electron chi connectivity index (χ3n) is 5.65. The Bertz CT molecular complexity index is 1050. The normalized spacial score (nSPS) is 19.5. The lowest BCUT2D eigenvalue weighted by Gasteiger charge is -2.31. The predicted molar refractivity (Wildman–Crippen MR) is 116 cm³/mol. The van der Waals surface area contributed by atoms with E-state index < -0.39 is 6.04 Å². The van der Waals surface area contributed by atoms with Crippen LogP contribution in [0.4, 0.5) is 5.69 Å². The number of likely N-dealkylation sites (tertiary alicyclic amines) is 2. The number of fused-ring (bicyclic) bond motifs is 1. The quantitative estimate of drug-likeness (QED) is 0.338. The van der Waals surface area contributed by atoms with Gasteiger partial charge in [-0.2, -0.15) is 5.26 Å². The molecule has 9 nitrogen and oxygen atoms in total. The van der Waals surface area contributed by atoms with Crippen LogP contribution in [0.5, 0.6) is 0 Å². The van der Waals surface area contributed by atoms with E-state index in [4.69, 9.17) is 9.68 Å². The fourth-order valence-corrected chi connectivity index (χ4v) is 4.12. The molecule has 31 heavy (non-hydrogen) atoms. The van der Waals surface area contributed by atoms with Crippen molar-refractivity contribution in [3.8, 4) is 6.19 Å². The number of carbonyl (C=O) groups excluding carboxylic acids is 2. The molecule has 2 N–H and O–H groups in total. The number of nitrogens with one attached hydrogen (secondary N) is 2. The van der Waals surface area contributed by atoms with Crippen LogP contribution in [0.1, 0.15) is 31.4 Å². The first kappa shape index (κ1) is 20.7. The number of carbonyl (C=O) groups is 2. The van der Waals surface area contributed by atoms with Crippen molar-refractivity contribution in [2.75, 3.05) is 31.5 Å². The Balaban J connectivity index is 1.46. The summed E-state index contributed by atoms with van der Waals surface area (Å²) in [4.78, 5) is 33.3. The van der Waals surface area contributed by atoms with Crippen LogP contribution in [0.25, 0.3) is 11.0 Å². The lowest BCUT2D eigenvalue weighted by Crippen LogP contribution is -2.49. The molecule has 3 heterocycles. The van der Waals surface area contributed by atoms with E-state index in [0.717, 1.165) is 54.8 Å². The van der Waals surface area contributed by atoms with Crippen LogP contribution in [-0.4, -0.2) is 59.8 Å². The molecule has 0 unspecified atom stereocenters. The number of nitrogens with zero attached hydrogens (tertiary/aromatic N) is 4. The van der Waals surface area contributed by atoms with Gasteiger partial charge in [-0.25, -0.2) is 4.99 Å². The number of furan rings is 1. The van der Waals surface area contributed by atoms with Crippen molar-refractivity contribution in [1.29, 1.82) is 5.26 Å². The zero-order chi connectivity index (χ0) is 21.8. The van der Waals surface area contributed by atoms with Gasteiger partial charge in [0.25, 0.3) is 0 Å². The molecule has 9 heteroatoms. The summed E-state index contributed by atoms with van der Waals surface area (Å²) in [5, 5.41) is 15.7. The van der Waals surface area contributed by atoms with Crippen molar-refractivity contribution < 1.29 is 14.0 Å². The van der Waals surface area contributed by atoms with Gasteiger partial charge < -0.3 is 19.5 Å². The summed E-state index contributed by atoms with van der Waals surface area (Å²) in [5.74, 6) is 0.826. The van der Waals surface area contributed by atoms with Crippen molar-refractivity contribution in [2.24, 2.45) is 4.99 Å². The number of anilines is 1. The Morgan fingerprint density at radius 1 is 1.26 bits per heavy atom. The molecule has 4 rings (SSSR count). The van der Waals surface area contributed by atoms with Crippen LogP contribution in [0.15, 0.2) is 33.7 Å². The summed E-state index contributed by atoms with van der Waals surface area (Å²) in [5.41, 5.74) is 1.50. The maximum atomic E-state index is 12.9. The van der Waals surface area contributed by atoms with Gasteiger partial charge in [0.2, 0.25) is 17.8 Å². The second kappa shape index (κ2) is 9.08. The third-order valence-corrected chi connectivity index (χ3v) is 5.65. The van der Waals surface area contributed by atoms with Crippen molar-refractivity contribution in [1.82, 2.24) is 15.1 Å². The summed E-state index contributed by atoms with van der Waals surface area (Å²) >= 11 is 0. The minimum atomic E-state index is -0.636. The fourth-order valence-electron chi connectivity index (χ4n) is 4.12. The minimum absolute atomic E-state index is 0.00677. The minimum Gasteiger partial charge on any atom is -0.461 e. The molecule has 0 bridgehead atoms. The van der Waals surface area contributed by atoms with E-state index in [1.165, 1.54) is 0 Å². The van der Waals surface area contributed by atoms with Gasteiger partial charge in [-0.1, -0.05) is 0 Å². The number of hydrogen-bond donors (Lipinski definition) is 2. The summed E-state index contributed by atoms with van der Waals surface area (Å²) in [6, 6.07) is 6.85. The molecule has 2 saturated heterocycles. The first-order valence-corrected chi connectivity index (χ1v) is 10.6. The van der Waals surface area contributed by atoms with E-state index in [2.05, 4.69) is 15.6 Å².